The van der Waals surface area contributed by atoms with Crippen molar-refractivity contribution >= 4 is 0 Å². The molecule has 1 aliphatic rings. The fourth-order valence-corrected chi connectivity index (χ4v) is 1.55. The number of allylic oxidation sites excluding steroid dienone is 3. The molecule has 70 valence electrons. The lowest BCUT2D eigenvalue weighted by Crippen LogP contribution is -2.13. The summed E-state index contributed by atoms with van der Waals surface area (Å²) in [5, 5.41) is 0. The Morgan fingerprint density at radius 2 is 2.00 bits per heavy atom. The van der Waals surface area contributed by atoms with Crippen LogP contribution in [-0.4, -0.2) is 0 Å². The fraction of sp³-hybridized carbons (Fsp3) is 0.667. The number of hydrogen-bond acceptors (Lipinski definition) is 0. The molecule has 0 heterocycles. The zero-order valence-corrected chi connectivity index (χ0v) is 8.93. The Bertz CT molecular complexity index is 153. The Kier molecular flexibility index (Phi) is 5.79. The summed E-state index contributed by atoms with van der Waals surface area (Å²) in [6.45, 7) is 12.4. The molecule has 12 heavy (non-hydrogen) atoms. The molecule has 0 aliphatic heterocycles. The van der Waals surface area contributed by atoms with Gasteiger partial charge < -0.3 is 0 Å². The highest BCUT2D eigenvalue weighted by Gasteiger charge is 2.17. The van der Waals surface area contributed by atoms with Gasteiger partial charge in [0.05, 0.1) is 0 Å². The average Bonchev–Trinajstić information content (AvgIpc) is 2.13. The molecule has 0 bridgehead atoms. The van der Waals surface area contributed by atoms with Crippen LogP contribution in [0.4, 0.5) is 0 Å². The van der Waals surface area contributed by atoms with E-state index in [1.54, 1.807) is 0 Å². The van der Waals surface area contributed by atoms with Gasteiger partial charge >= 0.3 is 0 Å². The Balaban J connectivity index is 0.000000561. The second-order valence-corrected chi connectivity index (χ2v) is 3.25. The van der Waals surface area contributed by atoms with Crippen LogP contribution in [0.1, 0.15) is 40.5 Å². The molecule has 1 rings (SSSR count). The van der Waals surface area contributed by atoms with E-state index in [0.717, 1.165) is 11.8 Å². The maximum Gasteiger partial charge on any atom is -0.0168 e. The lowest BCUT2D eigenvalue weighted by Gasteiger charge is -2.24. The van der Waals surface area contributed by atoms with E-state index in [0.29, 0.717) is 0 Å². The summed E-state index contributed by atoms with van der Waals surface area (Å²) in [6.07, 6.45) is 6.91. The molecule has 0 nitrogen and oxygen atoms in total. The smallest absolute Gasteiger partial charge is 0.0168 e. The first-order valence-electron chi connectivity index (χ1n) is 5.08. The highest BCUT2D eigenvalue weighted by molar-refractivity contribution is 5.21. The molecule has 2 unspecified atom stereocenters. The molecule has 1 aliphatic carbocycles. The summed E-state index contributed by atoms with van der Waals surface area (Å²) in [5.41, 5.74) is 1.44. The van der Waals surface area contributed by atoms with E-state index in [1.165, 1.54) is 18.4 Å². The van der Waals surface area contributed by atoms with Crippen LogP contribution < -0.4 is 0 Å². The summed E-state index contributed by atoms with van der Waals surface area (Å²) in [7, 11) is 0. The van der Waals surface area contributed by atoms with E-state index in [1.807, 2.05) is 19.9 Å². The summed E-state index contributed by atoms with van der Waals surface area (Å²) in [4.78, 5) is 0. The third kappa shape index (κ3) is 2.84. The number of rotatable bonds is 1. The lowest BCUT2D eigenvalue weighted by molar-refractivity contribution is 0.399. The molecule has 0 amide bonds. The Morgan fingerprint density at radius 1 is 1.42 bits per heavy atom. The van der Waals surface area contributed by atoms with Crippen molar-refractivity contribution in [2.24, 2.45) is 11.8 Å². The van der Waals surface area contributed by atoms with E-state index in [2.05, 4.69) is 26.5 Å². The zero-order chi connectivity index (χ0) is 9.56. The van der Waals surface area contributed by atoms with Gasteiger partial charge in [-0.1, -0.05) is 46.4 Å². The normalized spacial score (nSPS) is 28.2. The molecule has 0 heteroatoms. The maximum atomic E-state index is 3.80. The van der Waals surface area contributed by atoms with E-state index < -0.39 is 0 Å². The van der Waals surface area contributed by atoms with Gasteiger partial charge in [0.2, 0.25) is 0 Å². The monoisotopic (exact) mass is 166 g/mol. The highest BCUT2D eigenvalue weighted by Crippen LogP contribution is 2.29. The van der Waals surface area contributed by atoms with Gasteiger partial charge in [0.1, 0.15) is 0 Å². The highest BCUT2D eigenvalue weighted by atomic mass is 14.2. The predicted octanol–water partition coefficient (Wildman–Crippen LogP) is 4.19. The van der Waals surface area contributed by atoms with Crippen molar-refractivity contribution in [3.63, 3.8) is 0 Å². The minimum absolute atomic E-state index is 0.728. The van der Waals surface area contributed by atoms with Crippen LogP contribution in [0.2, 0.25) is 0 Å². The van der Waals surface area contributed by atoms with Gasteiger partial charge in [0.25, 0.3) is 0 Å². The molecule has 0 saturated carbocycles. The minimum Gasteiger partial charge on any atom is -0.0988 e. The van der Waals surface area contributed by atoms with Gasteiger partial charge in [-0.05, 0) is 30.3 Å². The van der Waals surface area contributed by atoms with E-state index in [9.17, 15) is 0 Å². The van der Waals surface area contributed by atoms with Gasteiger partial charge in [-0.3, -0.25) is 0 Å². The van der Waals surface area contributed by atoms with E-state index in [-0.39, 0.29) is 0 Å². The molecule has 0 fully saturated rings. The average molecular weight is 166 g/mol. The second kappa shape index (κ2) is 6.05. The molecule has 2 atom stereocenters. The number of hydrogen-bond donors (Lipinski definition) is 0. The first-order chi connectivity index (χ1) is 5.75. The van der Waals surface area contributed by atoms with Crippen LogP contribution in [0, 0.1) is 11.8 Å². The van der Waals surface area contributed by atoms with Crippen molar-refractivity contribution in [2.45, 2.75) is 40.5 Å². The van der Waals surface area contributed by atoms with Gasteiger partial charge in [0.15, 0.2) is 0 Å². The van der Waals surface area contributed by atoms with Gasteiger partial charge in [-0.15, -0.1) is 0 Å². The van der Waals surface area contributed by atoms with Gasteiger partial charge in [0, 0.05) is 0 Å². The third-order valence-electron chi connectivity index (χ3n) is 2.62. The Labute approximate surface area is 77.4 Å². The Hall–Kier alpha value is -0.520. The molecule has 0 N–H and O–H groups in total. The van der Waals surface area contributed by atoms with Crippen molar-refractivity contribution in [1.29, 1.82) is 0 Å². The standard InChI is InChI=1S/C10H16.C2H6/c1-4-10-7-5-6-8(2)9(10)3;1-2/h4,7-9H,1,5-6H2,2-3H3;1-2H3. The molecular formula is C12H22. The van der Waals surface area contributed by atoms with Crippen LogP contribution in [0.5, 0.6) is 0 Å². The summed E-state index contributed by atoms with van der Waals surface area (Å²) >= 11 is 0. The van der Waals surface area contributed by atoms with Crippen molar-refractivity contribution in [3.05, 3.63) is 24.3 Å². The molecule has 0 aromatic carbocycles. The first kappa shape index (κ1) is 11.5. The second-order valence-electron chi connectivity index (χ2n) is 3.25. The van der Waals surface area contributed by atoms with Crippen LogP contribution in [0.3, 0.4) is 0 Å². The van der Waals surface area contributed by atoms with Crippen molar-refractivity contribution in [3.8, 4) is 0 Å². The third-order valence-corrected chi connectivity index (χ3v) is 2.62. The Morgan fingerprint density at radius 3 is 2.42 bits per heavy atom. The van der Waals surface area contributed by atoms with E-state index in [4.69, 9.17) is 0 Å². The molecule has 0 spiro atoms. The minimum atomic E-state index is 0.728. The largest absolute Gasteiger partial charge is 0.0988 e. The fourth-order valence-electron chi connectivity index (χ4n) is 1.55. The maximum absolute atomic E-state index is 3.80. The molecule has 0 saturated heterocycles. The molecular weight excluding hydrogens is 144 g/mol. The van der Waals surface area contributed by atoms with E-state index >= 15 is 0 Å². The SMILES string of the molecule is C=CC1=CCCC(C)C1C.CC. The molecule has 0 radical (unpaired) electrons. The van der Waals surface area contributed by atoms with Crippen LogP contribution >= 0.6 is 0 Å². The van der Waals surface area contributed by atoms with Crippen LogP contribution in [-0.2, 0) is 0 Å². The molecule has 0 aromatic heterocycles. The zero-order valence-electron chi connectivity index (χ0n) is 8.93. The predicted molar refractivity (Wildman–Crippen MR) is 57.2 cm³/mol. The summed E-state index contributed by atoms with van der Waals surface area (Å²) in [5.74, 6) is 1.57. The van der Waals surface area contributed by atoms with Crippen molar-refractivity contribution in [1.82, 2.24) is 0 Å². The van der Waals surface area contributed by atoms with Gasteiger partial charge in [-0.2, -0.15) is 0 Å². The van der Waals surface area contributed by atoms with Crippen LogP contribution in [0.25, 0.3) is 0 Å². The van der Waals surface area contributed by atoms with Crippen molar-refractivity contribution in [2.75, 3.05) is 0 Å². The van der Waals surface area contributed by atoms with Crippen LogP contribution in [0.15, 0.2) is 24.3 Å². The van der Waals surface area contributed by atoms with Gasteiger partial charge in [-0.25, -0.2) is 0 Å². The summed E-state index contributed by atoms with van der Waals surface area (Å²) in [6, 6.07) is 0. The topological polar surface area (TPSA) is 0 Å². The quantitative estimate of drug-likeness (QED) is 0.548. The summed E-state index contributed by atoms with van der Waals surface area (Å²) < 4.78 is 0. The first-order valence-corrected chi connectivity index (χ1v) is 5.08. The van der Waals surface area contributed by atoms with Crippen molar-refractivity contribution < 1.29 is 0 Å². The molecule has 0 aromatic rings. The lowest BCUT2D eigenvalue weighted by atomic mass is 9.81.